The van der Waals surface area contributed by atoms with Crippen molar-refractivity contribution in [2.75, 3.05) is 6.54 Å². The van der Waals surface area contributed by atoms with Crippen LogP contribution in [0.25, 0.3) is 0 Å². The number of nitrogens with zero attached hydrogens (tertiary/aromatic N) is 3. The lowest BCUT2D eigenvalue weighted by molar-refractivity contribution is 0.542. The molecule has 0 fully saturated rings. The SMILES string of the molecule is CC(C)C(C)c1ccc(C2=NN=NC2)s1. The molecule has 15 heavy (non-hydrogen) atoms. The minimum atomic E-state index is 0.611. The summed E-state index contributed by atoms with van der Waals surface area (Å²) in [5, 5.41) is 11.5. The van der Waals surface area contributed by atoms with E-state index in [-0.39, 0.29) is 0 Å². The molecule has 0 spiro atoms. The van der Waals surface area contributed by atoms with Crippen LogP contribution in [-0.2, 0) is 0 Å². The Labute approximate surface area is 93.9 Å². The van der Waals surface area contributed by atoms with Crippen LogP contribution in [0.15, 0.2) is 27.6 Å². The highest BCUT2D eigenvalue weighted by Crippen LogP contribution is 2.30. The van der Waals surface area contributed by atoms with Crippen molar-refractivity contribution >= 4 is 17.0 Å². The lowest BCUT2D eigenvalue weighted by Crippen LogP contribution is -1.99. The van der Waals surface area contributed by atoms with Gasteiger partial charge in [0.25, 0.3) is 0 Å². The van der Waals surface area contributed by atoms with E-state index < -0.39 is 0 Å². The highest BCUT2D eigenvalue weighted by molar-refractivity contribution is 7.14. The molecule has 0 aliphatic carbocycles. The molecule has 1 aromatic heterocycles. The topological polar surface area (TPSA) is 37.1 Å². The quantitative estimate of drug-likeness (QED) is 0.746. The van der Waals surface area contributed by atoms with Crippen LogP contribution in [-0.4, -0.2) is 12.3 Å². The van der Waals surface area contributed by atoms with Gasteiger partial charge in [-0.3, -0.25) is 0 Å². The molecule has 1 aromatic rings. The molecule has 0 amide bonds. The Hall–Kier alpha value is -1.03. The zero-order chi connectivity index (χ0) is 10.8. The molecule has 0 bridgehead atoms. The number of rotatable bonds is 3. The second-order valence-electron chi connectivity index (χ2n) is 4.17. The Morgan fingerprint density at radius 2 is 2.07 bits per heavy atom. The van der Waals surface area contributed by atoms with Crippen LogP contribution in [0.1, 0.15) is 36.4 Å². The summed E-state index contributed by atoms with van der Waals surface area (Å²) in [5.74, 6) is 1.29. The van der Waals surface area contributed by atoms with E-state index in [9.17, 15) is 0 Å². The van der Waals surface area contributed by atoms with E-state index in [4.69, 9.17) is 0 Å². The highest BCUT2D eigenvalue weighted by atomic mass is 32.1. The van der Waals surface area contributed by atoms with Gasteiger partial charge in [0.15, 0.2) is 0 Å². The van der Waals surface area contributed by atoms with Crippen molar-refractivity contribution in [2.45, 2.75) is 26.7 Å². The maximum Gasteiger partial charge on any atom is 0.108 e. The van der Waals surface area contributed by atoms with E-state index in [2.05, 4.69) is 48.3 Å². The minimum Gasteiger partial charge on any atom is -0.162 e. The Morgan fingerprint density at radius 3 is 2.67 bits per heavy atom. The first-order valence-corrected chi connectivity index (χ1v) is 6.03. The zero-order valence-electron chi connectivity index (χ0n) is 9.27. The van der Waals surface area contributed by atoms with E-state index in [1.807, 2.05) is 11.3 Å². The van der Waals surface area contributed by atoms with Gasteiger partial charge in [0.05, 0.1) is 4.88 Å². The van der Waals surface area contributed by atoms with Crippen molar-refractivity contribution in [1.82, 2.24) is 0 Å². The molecule has 0 radical (unpaired) electrons. The molecule has 80 valence electrons. The fourth-order valence-corrected chi connectivity index (χ4v) is 2.63. The lowest BCUT2D eigenvalue weighted by Gasteiger charge is -2.12. The predicted octanol–water partition coefficient (Wildman–Crippen LogP) is 3.68. The third kappa shape index (κ3) is 2.15. The van der Waals surface area contributed by atoms with Crippen molar-refractivity contribution in [1.29, 1.82) is 0 Å². The zero-order valence-corrected chi connectivity index (χ0v) is 10.1. The van der Waals surface area contributed by atoms with Gasteiger partial charge in [0.1, 0.15) is 12.3 Å². The summed E-state index contributed by atoms with van der Waals surface area (Å²) in [6, 6.07) is 4.33. The average Bonchev–Trinajstić information content (AvgIpc) is 2.86. The molecule has 0 aromatic carbocycles. The van der Waals surface area contributed by atoms with Gasteiger partial charge in [-0.2, -0.15) is 5.11 Å². The van der Waals surface area contributed by atoms with E-state index in [1.165, 1.54) is 9.75 Å². The van der Waals surface area contributed by atoms with Crippen molar-refractivity contribution in [3.63, 3.8) is 0 Å². The van der Waals surface area contributed by atoms with Crippen LogP contribution in [0.5, 0.6) is 0 Å². The van der Waals surface area contributed by atoms with E-state index >= 15 is 0 Å². The van der Waals surface area contributed by atoms with E-state index in [1.54, 1.807) is 0 Å². The van der Waals surface area contributed by atoms with Crippen LogP contribution in [0.3, 0.4) is 0 Å². The van der Waals surface area contributed by atoms with Crippen LogP contribution in [0.2, 0.25) is 0 Å². The van der Waals surface area contributed by atoms with Crippen LogP contribution in [0, 0.1) is 5.92 Å². The standard InChI is InChI=1S/C11H15N3S/c1-7(2)8(3)10-4-5-11(15-10)9-6-12-14-13-9/h4-5,7-8H,6H2,1-3H3. The monoisotopic (exact) mass is 221 g/mol. The predicted molar refractivity (Wildman–Crippen MR) is 63.8 cm³/mol. The van der Waals surface area contributed by atoms with Crippen molar-refractivity contribution in [3.8, 4) is 0 Å². The third-order valence-corrected chi connectivity index (χ3v) is 4.14. The highest BCUT2D eigenvalue weighted by Gasteiger charge is 2.15. The summed E-state index contributed by atoms with van der Waals surface area (Å²) in [4.78, 5) is 2.64. The molecule has 2 heterocycles. The maximum absolute atomic E-state index is 4.01. The number of thiophene rings is 1. The molecule has 1 aliphatic rings. The Balaban J connectivity index is 2.17. The normalized spacial score (nSPS) is 17.2. The average molecular weight is 221 g/mol. The number of hydrogen-bond acceptors (Lipinski definition) is 4. The van der Waals surface area contributed by atoms with Gasteiger partial charge in [0.2, 0.25) is 0 Å². The van der Waals surface area contributed by atoms with Crippen molar-refractivity contribution in [2.24, 2.45) is 21.4 Å². The second kappa shape index (κ2) is 4.23. The van der Waals surface area contributed by atoms with Gasteiger partial charge in [-0.1, -0.05) is 20.8 Å². The molecule has 0 saturated heterocycles. The minimum absolute atomic E-state index is 0.611. The molecule has 0 saturated carbocycles. The molecule has 1 atom stereocenters. The Kier molecular flexibility index (Phi) is 2.95. The summed E-state index contributed by atoms with van der Waals surface area (Å²) in [7, 11) is 0. The molecule has 3 nitrogen and oxygen atoms in total. The first kappa shape index (κ1) is 10.5. The Morgan fingerprint density at radius 1 is 1.27 bits per heavy atom. The summed E-state index contributed by atoms with van der Waals surface area (Å²) < 4.78 is 0. The van der Waals surface area contributed by atoms with Crippen LogP contribution >= 0.6 is 11.3 Å². The Bertz CT molecular complexity index is 404. The molecule has 1 aliphatic heterocycles. The van der Waals surface area contributed by atoms with Crippen LogP contribution < -0.4 is 0 Å². The third-order valence-electron chi connectivity index (χ3n) is 2.81. The lowest BCUT2D eigenvalue weighted by atomic mass is 9.97. The largest absolute Gasteiger partial charge is 0.162 e. The van der Waals surface area contributed by atoms with E-state index in [0.717, 1.165) is 5.71 Å². The molecular weight excluding hydrogens is 206 g/mol. The van der Waals surface area contributed by atoms with Gasteiger partial charge in [-0.15, -0.1) is 16.4 Å². The fourth-order valence-electron chi connectivity index (χ4n) is 1.42. The van der Waals surface area contributed by atoms with Crippen LogP contribution in [0.4, 0.5) is 0 Å². The van der Waals surface area contributed by atoms with Gasteiger partial charge >= 0.3 is 0 Å². The summed E-state index contributed by atoms with van der Waals surface area (Å²) in [6.07, 6.45) is 0. The smallest absolute Gasteiger partial charge is 0.108 e. The molecule has 0 N–H and O–H groups in total. The molecule has 1 unspecified atom stereocenters. The molecule has 2 rings (SSSR count). The van der Waals surface area contributed by atoms with Gasteiger partial charge in [-0.05, 0) is 29.2 Å². The molecular formula is C11H15N3S. The summed E-state index contributed by atoms with van der Waals surface area (Å²) >= 11 is 1.82. The second-order valence-corrected chi connectivity index (χ2v) is 5.29. The van der Waals surface area contributed by atoms with Crippen molar-refractivity contribution < 1.29 is 0 Å². The van der Waals surface area contributed by atoms with Crippen molar-refractivity contribution in [3.05, 3.63) is 21.9 Å². The fraction of sp³-hybridized carbons (Fsp3) is 0.545. The van der Waals surface area contributed by atoms with Gasteiger partial charge < -0.3 is 0 Å². The summed E-state index contributed by atoms with van der Waals surface area (Å²) in [5.41, 5.74) is 1.00. The molecule has 4 heteroatoms. The number of hydrogen-bond donors (Lipinski definition) is 0. The first-order chi connectivity index (χ1) is 7.18. The first-order valence-electron chi connectivity index (χ1n) is 5.22. The van der Waals surface area contributed by atoms with Gasteiger partial charge in [-0.25, -0.2) is 0 Å². The van der Waals surface area contributed by atoms with E-state index in [0.29, 0.717) is 18.4 Å². The van der Waals surface area contributed by atoms with Gasteiger partial charge in [0, 0.05) is 4.88 Å². The summed E-state index contributed by atoms with van der Waals surface area (Å²) in [6.45, 7) is 7.41. The maximum atomic E-state index is 4.01.